The molecule has 0 bridgehead atoms. The Morgan fingerprint density at radius 1 is 1.10 bits per heavy atom. The molecule has 150 valence electrons. The van der Waals surface area contributed by atoms with Crippen LogP contribution in [0.1, 0.15) is 46.8 Å². The molecule has 0 spiro atoms. The van der Waals surface area contributed by atoms with E-state index in [2.05, 4.69) is 30.6 Å². The number of hydrogen-bond acceptors (Lipinski definition) is 4. The van der Waals surface area contributed by atoms with E-state index >= 15 is 0 Å². The molecule has 0 unspecified atom stereocenters. The number of rotatable bonds is 4. The maximum atomic E-state index is 12.5. The lowest BCUT2D eigenvalue weighted by molar-refractivity contribution is 0.0603. The van der Waals surface area contributed by atoms with E-state index in [-0.39, 0.29) is 11.7 Å². The lowest BCUT2D eigenvalue weighted by atomic mass is 9.99. The first-order valence-electron chi connectivity index (χ1n) is 9.79. The van der Waals surface area contributed by atoms with Crippen LogP contribution < -0.4 is 0 Å². The van der Waals surface area contributed by atoms with Gasteiger partial charge in [0.15, 0.2) is 0 Å². The largest absolute Gasteiger partial charge is 0.507 e. The number of fused-ring (bicyclic) bond motifs is 3. The fraction of sp³-hybridized carbons (Fsp3) is 0.200. The number of phenolic OH excluding ortho intramolecular Hbond substituents is 1. The molecule has 0 aliphatic rings. The van der Waals surface area contributed by atoms with Crippen LogP contribution in [0.4, 0.5) is 0 Å². The van der Waals surface area contributed by atoms with Gasteiger partial charge in [-0.25, -0.2) is 4.79 Å². The number of hydrogen-bond donors (Lipinski definition) is 1. The standard InChI is InChI=1S/C25H22N2O3/c1-15(2)18-11-21-24(22(28)12-18)23-19(25(29)30-3)8-5-9-20(23)27(21)14-17-7-4-6-16(10-17)13-26/h4-12,15,28H,14H2,1-3H3. The molecule has 0 aliphatic heterocycles. The van der Waals surface area contributed by atoms with Crippen LogP contribution in [0.15, 0.2) is 54.6 Å². The van der Waals surface area contributed by atoms with Crippen molar-refractivity contribution in [3.8, 4) is 11.8 Å². The average Bonchev–Trinajstić information content (AvgIpc) is 3.07. The van der Waals surface area contributed by atoms with Crippen molar-refractivity contribution >= 4 is 27.8 Å². The third-order valence-corrected chi connectivity index (χ3v) is 5.46. The number of benzene rings is 3. The number of nitrogens with zero attached hydrogens (tertiary/aromatic N) is 2. The Hall–Kier alpha value is -3.78. The first-order valence-corrected chi connectivity index (χ1v) is 9.79. The predicted octanol–water partition coefficient (Wildman–Crippen LogP) is 5.33. The topological polar surface area (TPSA) is 75.2 Å². The highest BCUT2D eigenvalue weighted by Gasteiger charge is 2.21. The molecule has 0 amide bonds. The maximum Gasteiger partial charge on any atom is 0.338 e. The van der Waals surface area contributed by atoms with E-state index in [4.69, 9.17) is 4.74 Å². The van der Waals surface area contributed by atoms with Crippen LogP contribution in [-0.4, -0.2) is 22.8 Å². The minimum atomic E-state index is -0.446. The van der Waals surface area contributed by atoms with Crippen LogP contribution in [0.5, 0.6) is 5.75 Å². The average molecular weight is 398 g/mol. The zero-order chi connectivity index (χ0) is 21.4. The second kappa shape index (κ2) is 7.57. The van der Waals surface area contributed by atoms with Crippen molar-refractivity contribution in [1.82, 2.24) is 4.57 Å². The molecule has 1 aromatic heterocycles. The third-order valence-electron chi connectivity index (χ3n) is 5.46. The molecule has 4 rings (SSSR count). The zero-order valence-corrected chi connectivity index (χ0v) is 17.1. The second-order valence-electron chi connectivity index (χ2n) is 7.68. The molecule has 0 saturated heterocycles. The molecule has 0 radical (unpaired) electrons. The van der Waals surface area contributed by atoms with Crippen molar-refractivity contribution in [3.05, 3.63) is 76.9 Å². The Balaban J connectivity index is 2.08. The molecule has 4 aromatic rings. The lowest BCUT2D eigenvalue weighted by Crippen LogP contribution is -2.03. The molecule has 30 heavy (non-hydrogen) atoms. The van der Waals surface area contributed by atoms with Gasteiger partial charge in [-0.05, 0) is 53.4 Å². The van der Waals surface area contributed by atoms with Gasteiger partial charge in [0.1, 0.15) is 5.75 Å². The summed E-state index contributed by atoms with van der Waals surface area (Å²) in [5.74, 6) is -0.0747. The van der Waals surface area contributed by atoms with Crippen LogP contribution >= 0.6 is 0 Å². The molecule has 0 atom stereocenters. The summed E-state index contributed by atoms with van der Waals surface area (Å²) in [6, 6.07) is 18.9. The quantitative estimate of drug-likeness (QED) is 0.472. The van der Waals surface area contributed by atoms with Gasteiger partial charge in [0.05, 0.1) is 40.7 Å². The van der Waals surface area contributed by atoms with Gasteiger partial charge in [-0.2, -0.15) is 5.26 Å². The normalized spacial score (nSPS) is 11.2. The molecule has 3 aromatic carbocycles. The summed E-state index contributed by atoms with van der Waals surface area (Å²) in [5.41, 5.74) is 4.64. The van der Waals surface area contributed by atoms with Gasteiger partial charge in [-0.3, -0.25) is 0 Å². The highest BCUT2D eigenvalue weighted by Crippen LogP contribution is 2.39. The number of esters is 1. The molecule has 1 N–H and O–H groups in total. The van der Waals surface area contributed by atoms with Crippen LogP contribution in [0.2, 0.25) is 0 Å². The van der Waals surface area contributed by atoms with Crippen molar-refractivity contribution in [2.75, 3.05) is 7.11 Å². The Morgan fingerprint density at radius 3 is 2.57 bits per heavy atom. The summed E-state index contributed by atoms with van der Waals surface area (Å²) in [7, 11) is 1.35. The van der Waals surface area contributed by atoms with Crippen molar-refractivity contribution < 1.29 is 14.6 Å². The summed E-state index contributed by atoms with van der Waals surface area (Å²) in [4.78, 5) is 12.5. The summed E-state index contributed by atoms with van der Waals surface area (Å²) in [5, 5.41) is 21.5. The molecule has 0 saturated carbocycles. The van der Waals surface area contributed by atoms with Crippen molar-refractivity contribution in [2.45, 2.75) is 26.3 Å². The molecule has 0 aliphatic carbocycles. The SMILES string of the molecule is COC(=O)c1cccc2c1c1c(O)cc(C(C)C)cc1n2Cc1cccc(C#N)c1. The summed E-state index contributed by atoms with van der Waals surface area (Å²) in [6.07, 6.45) is 0. The fourth-order valence-corrected chi connectivity index (χ4v) is 3.97. The smallest absolute Gasteiger partial charge is 0.338 e. The Bertz CT molecular complexity index is 1330. The van der Waals surface area contributed by atoms with Crippen molar-refractivity contribution in [3.63, 3.8) is 0 Å². The fourth-order valence-electron chi connectivity index (χ4n) is 3.97. The predicted molar refractivity (Wildman–Crippen MR) is 117 cm³/mol. The number of ether oxygens (including phenoxy) is 1. The van der Waals surface area contributed by atoms with Crippen molar-refractivity contribution in [1.29, 1.82) is 5.26 Å². The number of nitriles is 1. The highest BCUT2D eigenvalue weighted by molar-refractivity contribution is 6.19. The minimum Gasteiger partial charge on any atom is -0.507 e. The molecule has 5 heteroatoms. The van der Waals surface area contributed by atoms with E-state index < -0.39 is 5.97 Å². The number of carbonyl (C=O) groups is 1. The maximum absolute atomic E-state index is 12.5. The van der Waals surface area contributed by atoms with Crippen LogP contribution in [-0.2, 0) is 11.3 Å². The lowest BCUT2D eigenvalue weighted by Gasteiger charge is -2.11. The van der Waals surface area contributed by atoms with E-state index in [1.54, 1.807) is 18.2 Å². The first kappa shape index (κ1) is 19.5. The minimum absolute atomic E-state index is 0.141. The Labute approximate surface area is 174 Å². The van der Waals surface area contributed by atoms with Gasteiger partial charge in [-0.15, -0.1) is 0 Å². The highest BCUT2D eigenvalue weighted by atomic mass is 16.5. The van der Waals surface area contributed by atoms with Gasteiger partial charge in [0.25, 0.3) is 0 Å². The Morgan fingerprint density at radius 2 is 1.87 bits per heavy atom. The molecule has 5 nitrogen and oxygen atoms in total. The van der Waals surface area contributed by atoms with Gasteiger partial charge in [0, 0.05) is 11.9 Å². The molecular formula is C25H22N2O3. The van der Waals surface area contributed by atoms with E-state index in [9.17, 15) is 15.2 Å². The number of carbonyl (C=O) groups excluding carboxylic acids is 1. The number of methoxy groups -OCH3 is 1. The third kappa shape index (κ3) is 3.17. The number of aromatic nitrogens is 1. The van der Waals surface area contributed by atoms with Crippen molar-refractivity contribution in [2.24, 2.45) is 0 Å². The zero-order valence-electron chi connectivity index (χ0n) is 17.1. The molecular weight excluding hydrogens is 376 g/mol. The number of phenols is 1. The van der Waals surface area contributed by atoms with E-state index in [1.807, 2.05) is 30.3 Å². The van der Waals surface area contributed by atoms with Crippen LogP contribution in [0.3, 0.4) is 0 Å². The van der Waals surface area contributed by atoms with Crippen LogP contribution in [0.25, 0.3) is 21.8 Å². The van der Waals surface area contributed by atoms with Gasteiger partial charge < -0.3 is 14.4 Å². The van der Waals surface area contributed by atoms with Gasteiger partial charge in [0.2, 0.25) is 0 Å². The van der Waals surface area contributed by atoms with E-state index in [0.29, 0.717) is 28.4 Å². The molecule has 0 fully saturated rings. The Kier molecular flexibility index (Phi) is 4.93. The van der Waals surface area contributed by atoms with Crippen LogP contribution in [0, 0.1) is 11.3 Å². The van der Waals surface area contributed by atoms with Gasteiger partial charge >= 0.3 is 5.97 Å². The van der Waals surface area contributed by atoms with Gasteiger partial charge in [-0.1, -0.05) is 32.0 Å². The van der Waals surface area contributed by atoms with E-state index in [1.165, 1.54) is 7.11 Å². The molecule has 1 heterocycles. The first-order chi connectivity index (χ1) is 14.4. The summed E-state index contributed by atoms with van der Waals surface area (Å²) in [6.45, 7) is 4.65. The summed E-state index contributed by atoms with van der Waals surface area (Å²) >= 11 is 0. The van der Waals surface area contributed by atoms with E-state index in [0.717, 1.165) is 22.2 Å². The second-order valence-corrected chi connectivity index (χ2v) is 7.68. The monoisotopic (exact) mass is 398 g/mol. The summed E-state index contributed by atoms with van der Waals surface area (Å²) < 4.78 is 7.07. The number of aromatic hydroxyl groups is 1.